The minimum Gasteiger partial charge on any atom is -0.352 e. The molecule has 0 spiro atoms. The summed E-state index contributed by atoms with van der Waals surface area (Å²) in [4.78, 5) is 34.9. The molecule has 2 amide bonds. The Bertz CT molecular complexity index is 934. The van der Waals surface area contributed by atoms with Crippen molar-refractivity contribution in [1.29, 1.82) is 0 Å². The number of nitrogens with zero attached hydrogens (tertiary/aromatic N) is 1. The van der Waals surface area contributed by atoms with E-state index < -0.39 is 4.92 Å². The first kappa shape index (κ1) is 24.5. The van der Waals surface area contributed by atoms with Gasteiger partial charge in [0.2, 0.25) is 0 Å². The maximum absolute atomic E-state index is 12.3. The van der Waals surface area contributed by atoms with Crippen molar-refractivity contribution in [2.45, 2.75) is 32.6 Å². The minimum absolute atomic E-state index is 0.0538. The molecule has 2 aromatic carbocycles. The molecule has 0 heterocycles. The van der Waals surface area contributed by atoms with E-state index >= 15 is 0 Å². The van der Waals surface area contributed by atoms with Crippen molar-refractivity contribution in [3.05, 3.63) is 70.3 Å². The summed E-state index contributed by atoms with van der Waals surface area (Å²) in [7, 11) is 0. The van der Waals surface area contributed by atoms with Crippen molar-refractivity contribution in [2.75, 3.05) is 13.1 Å². The first-order valence-corrected chi connectivity index (χ1v) is 11.7. The van der Waals surface area contributed by atoms with Gasteiger partial charge in [0.05, 0.1) is 16.1 Å². The summed E-state index contributed by atoms with van der Waals surface area (Å²) in [5, 5.41) is 16.6. The van der Waals surface area contributed by atoms with E-state index in [0.717, 1.165) is 34.8 Å². The van der Waals surface area contributed by atoms with Crippen LogP contribution in [0.5, 0.6) is 0 Å². The van der Waals surface area contributed by atoms with Crippen LogP contribution in [0.15, 0.2) is 36.4 Å². The van der Waals surface area contributed by atoms with Gasteiger partial charge in [0.15, 0.2) is 0 Å². The summed E-state index contributed by atoms with van der Waals surface area (Å²) in [5.74, 6) is -0.356. The van der Waals surface area contributed by atoms with Crippen LogP contribution in [0.4, 0.5) is 5.69 Å². The summed E-state index contributed by atoms with van der Waals surface area (Å²) in [6, 6.07) is 10.1. The Morgan fingerprint density at radius 1 is 0.867 bits per heavy atom. The second kappa shape index (κ2) is 12.2. The lowest BCUT2D eigenvalue weighted by atomic mass is 10.1. The van der Waals surface area contributed by atoms with Crippen LogP contribution in [0, 0.1) is 24.2 Å². The monoisotopic (exact) mass is 635 g/mol. The standard InChI is InChI=1S/C21H23I2N3O4/c1-14-6-8-18(22)16(12-14)20(27)24-10-4-2-3-5-11-25-21(28)17-13-15(26(29)30)7-9-19(17)23/h6-9,12-13H,2-5,10-11H2,1H3,(H,24,27)(H,25,28). The van der Waals surface area contributed by atoms with Gasteiger partial charge in [-0.1, -0.05) is 24.5 Å². The van der Waals surface area contributed by atoms with Crippen molar-refractivity contribution in [3.63, 3.8) is 0 Å². The largest absolute Gasteiger partial charge is 0.352 e. The van der Waals surface area contributed by atoms with Crippen LogP contribution >= 0.6 is 45.2 Å². The third kappa shape index (κ3) is 7.49. The van der Waals surface area contributed by atoms with Gasteiger partial charge in [-0.15, -0.1) is 0 Å². The molecule has 0 aliphatic rings. The van der Waals surface area contributed by atoms with E-state index in [-0.39, 0.29) is 17.5 Å². The highest BCUT2D eigenvalue weighted by Gasteiger charge is 2.15. The fourth-order valence-electron chi connectivity index (χ4n) is 2.81. The van der Waals surface area contributed by atoms with Crippen molar-refractivity contribution in [3.8, 4) is 0 Å². The molecule has 0 aliphatic heterocycles. The molecule has 0 unspecified atom stereocenters. The fourth-order valence-corrected chi connectivity index (χ4v) is 3.97. The topological polar surface area (TPSA) is 101 Å². The minimum atomic E-state index is -0.508. The van der Waals surface area contributed by atoms with Gasteiger partial charge < -0.3 is 10.6 Å². The molecule has 2 aromatic rings. The molecule has 0 radical (unpaired) electrons. The fraction of sp³-hybridized carbons (Fsp3) is 0.333. The number of rotatable bonds is 10. The molecule has 0 bridgehead atoms. The average Bonchev–Trinajstić information content (AvgIpc) is 2.71. The summed E-state index contributed by atoms with van der Waals surface area (Å²) >= 11 is 4.16. The van der Waals surface area contributed by atoms with E-state index in [9.17, 15) is 19.7 Å². The Morgan fingerprint density at radius 2 is 1.37 bits per heavy atom. The maximum atomic E-state index is 12.3. The molecule has 0 fully saturated rings. The summed E-state index contributed by atoms with van der Waals surface area (Å²) in [6.45, 7) is 3.08. The van der Waals surface area contributed by atoms with Crippen LogP contribution in [0.3, 0.4) is 0 Å². The number of amides is 2. The number of hydrogen-bond acceptors (Lipinski definition) is 4. The number of carbonyl (C=O) groups excluding carboxylic acids is 2. The summed E-state index contributed by atoms with van der Waals surface area (Å²) in [6.07, 6.45) is 3.53. The number of carbonyl (C=O) groups is 2. The molecule has 160 valence electrons. The van der Waals surface area contributed by atoms with Crippen molar-refractivity contribution in [2.24, 2.45) is 0 Å². The smallest absolute Gasteiger partial charge is 0.270 e. The predicted molar refractivity (Wildman–Crippen MR) is 133 cm³/mol. The van der Waals surface area contributed by atoms with E-state index in [1.54, 1.807) is 6.07 Å². The zero-order chi connectivity index (χ0) is 22.1. The number of aryl methyl sites for hydroxylation is 1. The predicted octanol–water partition coefficient (Wildman–Crippen LogP) is 4.83. The molecule has 0 saturated heterocycles. The van der Waals surface area contributed by atoms with Crippen molar-refractivity contribution < 1.29 is 14.5 Å². The van der Waals surface area contributed by atoms with Crippen molar-refractivity contribution in [1.82, 2.24) is 10.6 Å². The molecule has 7 nitrogen and oxygen atoms in total. The van der Waals surface area contributed by atoms with Crippen LogP contribution in [0.1, 0.15) is 52.0 Å². The SMILES string of the molecule is Cc1ccc(I)c(C(=O)NCCCCCCNC(=O)c2cc([N+](=O)[O-])ccc2I)c1. The maximum Gasteiger partial charge on any atom is 0.270 e. The number of halogens is 2. The van der Waals surface area contributed by atoms with Gasteiger partial charge in [0.25, 0.3) is 17.5 Å². The highest BCUT2D eigenvalue weighted by Crippen LogP contribution is 2.19. The molecular formula is C21H23I2N3O4. The van der Waals surface area contributed by atoms with E-state index in [4.69, 9.17) is 0 Å². The number of unbranched alkanes of at least 4 members (excludes halogenated alkanes) is 3. The van der Waals surface area contributed by atoms with Gasteiger partial charge in [-0.05, 0) is 83.1 Å². The van der Waals surface area contributed by atoms with Crippen molar-refractivity contribution >= 4 is 62.7 Å². The molecule has 0 aromatic heterocycles. The van der Waals surface area contributed by atoms with Crippen LogP contribution in [-0.4, -0.2) is 29.8 Å². The average molecular weight is 635 g/mol. The number of hydrogen-bond donors (Lipinski definition) is 2. The van der Waals surface area contributed by atoms with E-state index in [1.165, 1.54) is 12.1 Å². The van der Waals surface area contributed by atoms with Gasteiger partial charge in [-0.2, -0.15) is 0 Å². The Kier molecular flexibility index (Phi) is 9.95. The van der Waals surface area contributed by atoms with Gasteiger partial charge >= 0.3 is 0 Å². The third-order valence-electron chi connectivity index (χ3n) is 4.45. The first-order chi connectivity index (χ1) is 14.3. The number of nitrogens with one attached hydrogen (secondary N) is 2. The molecule has 0 saturated carbocycles. The second-order valence-corrected chi connectivity index (χ2v) is 9.15. The van der Waals surface area contributed by atoms with E-state index in [0.29, 0.717) is 27.8 Å². The molecule has 30 heavy (non-hydrogen) atoms. The lowest BCUT2D eigenvalue weighted by molar-refractivity contribution is -0.384. The van der Waals surface area contributed by atoms with Gasteiger partial charge in [-0.3, -0.25) is 19.7 Å². The molecule has 2 N–H and O–H groups in total. The normalized spacial score (nSPS) is 10.5. The zero-order valence-electron chi connectivity index (χ0n) is 16.5. The lowest BCUT2D eigenvalue weighted by Crippen LogP contribution is -2.26. The van der Waals surface area contributed by atoms with E-state index in [2.05, 4.69) is 33.2 Å². The van der Waals surface area contributed by atoms with Gasteiger partial charge in [0.1, 0.15) is 0 Å². The van der Waals surface area contributed by atoms with Gasteiger partial charge in [0, 0.05) is 32.4 Å². The molecule has 0 aliphatic carbocycles. The zero-order valence-corrected chi connectivity index (χ0v) is 20.9. The third-order valence-corrected chi connectivity index (χ3v) is 6.33. The lowest BCUT2D eigenvalue weighted by Gasteiger charge is -2.09. The second-order valence-electron chi connectivity index (χ2n) is 6.83. The Labute approximate surface area is 202 Å². The van der Waals surface area contributed by atoms with E-state index in [1.807, 2.05) is 47.7 Å². The quantitative estimate of drug-likeness (QED) is 0.169. The van der Waals surface area contributed by atoms with Crippen LogP contribution < -0.4 is 10.6 Å². The summed E-state index contributed by atoms with van der Waals surface area (Å²) < 4.78 is 1.61. The summed E-state index contributed by atoms with van der Waals surface area (Å²) in [5.41, 5.74) is 1.98. The first-order valence-electron chi connectivity index (χ1n) is 9.56. The number of non-ortho nitro benzene ring substituents is 1. The molecule has 0 atom stereocenters. The van der Waals surface area contributed by atoms with Crippen LogP contribution in [-0.2, 0) is 0 Å². The highest BCUT2D eigenvalue weighted by molar-refractivity contribution is 14.1. The Hall–Kier alpha value is -1.76. The van der Waals surface area contributed by atoms with Gasteiger partial charge in [-0.25, -0.2) is 0 Å². The highest BCUT2D eigenvalue weighted by atomic mass is 127. The van der Waals surface area contributed by atoms with Crippen LogP contribution in [0.2, 0.25) is 0 Å². The molecular weight excluding hydrogens is 612 g/mol. The number of nitro groups is 1. The Morgan fingerprint density at radius 3 is 1.90 bits per heavy atom. The molecule has 9 heteroatoms. The number of nitro benzene ring substituents is 1. The molecule has 2 rings (SSSR count). The number of benzene rings is 2. The van der Waals surface area contributed by atoms with Crippen LogP contribution in [0.25, 0.3) is 0 Å². The Balaban J connectivity index is 1.64.